The van der Waals surface area contributed by atoms with Crippen molar-refractivity contribution < 1.29 is 24.0 Å². The molecule has 8 nitrogen and oxygen atoms in total. The highest BCUT2D eigenvalue weighted by Crippen LogP contribution is 2.40. The maximum atomic E-state index is 13.2. The van der Waals surface area contributed by atoms with E-state index in [0.29, 0.717) is 23.4 Å². The van der Waals surface area contributed by atoms with E-state index in [1.165, 1.54) is 30.9 Å². The van der Waals surface area contributed by atoms with Gasteiger partial charge in [-0.2, -0.15) is 0 Å². The molecule has 0 saturated carbocycles. The lowest BCUT2D eigenvalue weighted by Gasteiger charge is -2.30. The van der Waals surface area contributed by atoms with Gasteiger partial charge in [-0.25, -0.2) is 9.59 Å². The number of allylic oxidation sites excluding steroid dienone is 2. The summed E-state index contributed by atoms with van der Waals surface area (Å²) in [6.07, 6.45) is 4.43. The number of nitro groups is 1. The van der Waals surface area contributed by atoms with Crippen molar-refractivity contribution in [3.05, 3.63) is 90.4 Å². The van der Waals surface area contributed by atoms with Crippen LogP contribution < -0.4 is 5.32 Å². The van der Waals surface area contributed by atoms with E-state index in [2.05, 4.69) is 16.8 Å². The molecule has 178 valence electrons. The third-order valence-corrected chi connectivity index (χ3v) is 6.37. The summed E-state index contributed by atoms with van der Waals surface area (Å²) in [5, 5.41) is 16.5. The number of nitrogens with one attached hydrogen (secondary N) is 1. The Labute approximate surface area is 201 Å². The normalized spacial score (nSPS) is 15.9. The van der Waals surface area contributed by atoms with Crippen molar-refractivity contribution in [3.63, 3.8) is 0 Å². The molecule has 2 heterocycles. The topological polar surface area (TPSA) is 108 Å². The van der Waals surface area contributed by atoms with Crippen LogP contribution in [-0.4, -0.2) is 30.6 Å². The molecule has 3 rings (SSSR count). The van der Waals surface area contributed by atoms with E-state index in [1.807, 2.05) is 19.1 Å². The van der Waals surface area contributed by atoms with Gasteiger partial charge in [0.25, 0.3) is 5.69 Å². The number of nitrogens with zero attached hydrogens (tertiary/aromatic N) is 1. The van der Waals surface area contributed by atoms with Crippen LogP contribution >= 0.6 is 11.3 Å². The molecule has 1 aliphatic rings. The zero-order chi connectivity index (χ0) is 24.8. The van der Waals surface area contributed by atoms with Crippen molar-refractivity contribution in [2.24, 2.45) is 0 Å². The third kappa shape index (κ3) is 5.60. The summed E-state index contributed by atoms with van der Waals surface area (Å²) in [6, 6.07) is 7.95. The van der Waals surface area contributed by atoms with Crippen LogP contribution in [-0.2, 0) is 19.1 Å². The summed E-state index contributed by atoms with van der Waals surface area (Å²) in [5.74, 6) is -2.10. The largest absolute Gasteiger partial charge is 0.466 e. The fourth-order valence-corrected chi connectivity index (χ4v) is 4.65. The number of carbonyl (C=O) groups is 2. The number of benzene rings is 1. The number of nitro benzene ring substituents is 1. The maximum absolute atomic E-state index is 13.2. The standard InChI is InChI=1S/C25H26N2O6S/c1-15-12-20(34-14-15)10-5-6-11-33-25(29)22-17(3)26-16(2)21(24(28)32-4)23(22)18-8-7-9-19(13-18)27(30)31/h5,7-10,12-14,23,26H,6,11H2,1-4H3. The number of hydrogen-bond donors (Lipinski definition) is 1. The van der Waals surface area contributed by atoms with Gasteiger partial charge in [-0.15, -0.1) is 11.3 Å². The zero-order valence-corrected chi connectivity index (χ0v) is 20.2. The number of esters is 2. The summed E-state index contributed by atoms with van der Waals surface area (Å²) in [6.45, 7) is 5.58. The molecule has 1 aromatic carbocycles. The van der Waals surface area contributed by atoms with Gasteiger partial charge in [-0.05, 0) is 55.8 Å². The maximum Gasteiger partial charge on any atom is 0.336 e. The molecular weight excluding hydrogens is 456 g/mol. The monoisotopic (exact) mass is 482 g/mol. The summed E-state index contributed by atoms with van der Waals surface area (Å²) in [7, 11) is 1.25. The van der Waals surface area contributed by atoms with Crippen molar-refractivity contribution in [2.45, 2.75) is 33.1 Å². The number of aryl methyl sites for hydroxylation is 1. The minimum atomic E-state index is -0.870. The second-order valence-electron chi connectivity index (χ2n) is 7.83. The van der Waals surface area contributed by atoms with E-state index >= 15 is 0 Å². The number of ether oxygens (including phenoxy) is 2. The lowest BCUT2D eigenvalue weighted by Crippen LogP contribution is -2.32. The molecule has 2 aromatic rings. The number of methoxy groups -OCH3 is 1. The molecule has 0 aliphatic carbocycles. The smallest absolute Gasteiger partial charge is 0.336 e. The third-order valence-electron chi connectivity index (χ3n) is 5.35. The SMILES string of the molecule is COC(=O)C1=C(C)NC(C)=C(C(=O)OCCC=Cc2cc(C)cs2)C1c1cccc([N+](=O)[O-])c1. The number of carbonyl (C=O) groups excluding carboxylic acids is 2. The van der Waals surface area contributed by atoms with Gasteiger partial charge in [0.05, 0.1) is 35.7 Å². The van der Waals surface area contributed by atoms with Gasteiger partial charge in [0.1, 0.15) is 0 Å². The molecule has 0 amide bonds. The molecule has 9 heteroatoms. The van der Waals surface area contributed by atoms with Gasteiger partial charge >= 0.3 is 11.9 Å². The Morgan fingerprint density at radius 1 is 1.15 bits per heavy atom. The molecule has 1 aliphatic heterocycles. The summed E-state index contributed by atoms with van der Waals surface area (Å²) >= 11 is 1.64. The number of hydrogen-bond acceptors (Lipinski definition) is 8. The fraction of sp³-hybridized carbons (Fsp3) is 0.280. The Balaban J connectivity index is 1.86. The van der Waals surface area contributed by atoms with Crippen LogP contribution in [0.1, 0.15) is 42.2 Å². The second-order valence-corrected chi connectivity index (χ2v) is 8.78. The van der Waals surface area contributed by atoms with Crippen LogP contribution in [0.4, 0.5) is 5.69 Å². The first-order valence-corrected chi connectivity index (χ1v) is 11.5. The van der Waals surface area contributed by atoms with Crippen molar-refractivity contribution in [3.8, 4) is 0 Å². The second kappa shape index (κ2) is 10.9. The molecule has 0 bridgehead atoms. The van der Waals surface area contributed by atoms with Crippen LogP contribution in [0.5, 0.6) is 0 Å². The minimum Gasteiger partial charge on any atom is -0.466 e. The van der Waals surface area contributed by atoms with Crippen molar-refractivity contribution >= 4 is 35.0 Å². The van der Waals surface area contributed by atoms with Crippen molar-refractivity contribution in [1.82, 2.24) is 5.32 Å². The number of non-ortho nitro benzene ring substituents is 1. The van der Waals surface area contributed by atoms with E-state index < -0.39 is 22.8 Å². The van der Waals surface area contributed by atoms with Crippen LogP contribution in [0.25, 0.3) is 6.08 Å². The van der Waals surface area contributed by atoms with Gasteiger partial charge in [-0.1, -0.05) is 18.2 Å². The average Bonchev–Trinajstić information content (AvgIpc) is 3.22. The summed E-state index contributed by atoms with van der Waals surface area (Å²) in [5.41, 5.74) is 2.91. The molecule has 0 saturated heterocycles. The lowest BCUT2D eigenvalue weighted by molar-refractivity contribution is -0.384. The molecule has 1 unspecified atom stereocenters. The van der Waals surface area contributed by atoms with Gasteiger partial charge in [-0.3, -0.25) is 10.1 Å². The van der Waals surface area contributed by atoms with Crippen molar-refractivity contribution in [2.75, 3.05) is 13.7 Å². The van der Waals surface area contributed by atoms with E-state index in [-0.39, 0.29) is 23.4 Å². The Morgan fingerprint density at radius 2 is 1.85 bits per heavy atom. The Kier molecular flexibility index (Phi) is 8.01. The van der Waals surface area contributed by atoms with E-state index in [0.717, 1.165) is 4.88 Å². The average molecular weight is 483 g/mol. The highest BCUT2D eigenvalue weighted by atomic mass is 32.1. The first-order chi connectivity index (χ1) is 16.2. The van der Waals surface area contributed by atoms with E-state index in [9.17, 15) is 19.7 Å². The fourth-order valence-electron chi connectivity index (χ4n) is 3.83. The molecule has 1 aromatic heterocycles. The van der Waals surface area contributed by atoms with Gasteiger partial charge in [0.15, 0.2) is 0 Å². The van der Waals surface area contributed by atoms with Crippen molar-refractivity contribution in [1.29, 1.82) is 0 Å². The predicted molar refractivity (Wildman–Crippen MR) is 130 cm³/mol. The number of rotatable bonds is 8. The minimum absolute atomic E-state index is 0.141. The van der Waals surface area contributed by atoms with E-state index in [1.54, 1.807) is 31.3 Å². The first-order valence-electron chi connectivity index (χ1n) is 10.6. The highest BCUT2D eigenvalue weighted by molar-refractivity contribution is 7.11. The van der Waals surface area contributed by atoms with E-state index in [4.69, 9.17) is 9.47 Å². The Morgan fingerprint density at radius 3 is 2.47 bits per heavy atom. The molecular formula is C25H26N2O6S. The Bertz CT molecular complexity index is 1210. The van der Waals surface area contributed by atoms with Crippen LogP contribution in [0, 0.1) is 17.0 Å². The molecule has 0 radical (unpaired) electrons. The van der Waals surface area contributed by atoms with Crippen LogP contribution in [0.3, 0.4) is 0 Å². The lowest BCUT2D eigenvalue weighted by atomic mass is 9.80. The highest BCUT2D eigenvalue weighted by Gasteiger charge is 2.38. The Hall–Kier alpha value is -3.72. The first kappa shape index (κ1) is 24.9. The van der Waals surface area contributed by atoms with Crippen LogP contribution in [0.2, 0.25) is 0 Å². The number of dihydropyridines is 1. The number of thiophene rings is 1. The molecule has 1 atom stereocenters. The molecule has 1 N–H and O–H groups in total. The summed E-state index contributed by atoms with van der Waals surface area (Å²) < 4.78 is 10.5. The van der Waals surface area contributed by atoms with Crippen LogP contribution in [0.15, 0.2) is 64.3 Å². The molecule has 0 spiro atoms. The molecule has 0 fully saturated rings. The zero-order valence-electron chi connectivity index (χ0n) is 19.4. The van der Waals surface area contributed by atoms with Gasteiger partial charge in [0.2, 0.25) is 0 Å². The van der Waals surface area contributed by atoms with Gasteiger partial charge in [0, 0.05) is 28.4 Å². The predicted octanol–water partition coefficient (Wildman–Crippen LogP) is 5.02. The molecule has 34 heavy (non-hydrogen) atoms. The summed E-state index contributed by atoms with van der Waals surface area (Å²) in [4.78, 5) is 37.8. The quantitative estimate of drug-likeness (QED) is 0.244. The van der Waals surface area contributed by atoms with Gasteiger partial charge < -0.3 is 14.8 Å².